The van der Waals surface area contributed by atoms with Gasteiger partial charge in [-0.15, -0.1) is 11.8 Å². The van der Waals surface area contributed by atoms with Crippen LogP contribution in [0.5, 0.6) is 5.75 Å². The summed E-state index contributed by atoms with van der Waals surface area (Å²) >= 11 is 7.39. The summed E-state index contributed by atoms with van der Waals surface area (Å²) in [5, 5.41) is 3.09. The van der Waals surface area contributed by atoms with Crippen molar-refractivity contribution in [2.75, 3.05) is 25.3 Å². The molecule has 0 saturated carbocycles. The maximum Gasteiger partial charge on any atom is 0.342 e. The average molecular weight is 366 g/mol. The van der Waals surface area contributed by atoms with E-state index in [1.807, 2.05) is 24.5 Å². The van der Waals surface area contributed by atoms with Crippen LogP contribution in [-0.2, 0) is 9.53 Å². The van der Waals surface area contributed by atoms with Gasteiger partial charge in [0, 0.05) is 9.92 Å². The number of nitrogens with one attached hydrogen (secondary N) is 1. The van der Waals surface area contributed by atoms with Gasteiger partial charge in [-0.05, 0) is 36.6 Å². The number of thioether (sulfide) groups is 1. The van der Waals surface area contributed by atoms with Gasteiger partial charge in [0.05, 0.1) is 12.8 Å². The van der Waals surface area contributed by atoms with E-state index in [1.54, 1.807) is 18.2 Å². The first kappa shape index (κ1) is 18.2. The third kappa shape index (κ3) is 4.66. The number of carbonyl (C=O) groups excluding carboxylic acids is 2. The predicted octanol–water partition coefficient (Wildman–Crippen LogP) is 3.87. The maximum atomic E-state index is 12.1. The van der Waals surface area contributed by atoms with Crippen LogP contribution in [0.25, 0.3) is 0 Å². The second kappa shape index (κ2) is 8.61. The molecule has 0 aromatic heterocycles. The molecule has 1 amide bonds. The number of halogens is 1. The molecule has 0 unspecified atom stereocenters. The number of hydrogen-bond donors (Lipinski definition) is 1. The largest absolute Gasteiger partial charge is 0.496 e. The minimum absolute atomic E-state index is 0.169. The summed E-state index contributed by atoms with van der Waals surface area (Å²) < 4.78 is 10.1. The van der Waals surface area contributed by atoms with Gasteiger partial charge >= 0.3 is 5.97 Å². The van der Waals surface area contributed by atoms with Crippen LogP contribution in [0.4, 0.5) is 5.69 Å². The Morgan fingerprint density at radius 2 is 1.96 bits per heavy atom. The summed E-state index contributed by atoms with van der Waals surface area (Å²) in [6, 6.07) is 12.0. The van der Waals surface area contributed by atoms with Gasteiger partial charge in [-0.3, -0.25) is 4.79 Å². The van der Waals surface area contributed by atoms with Gasteiger partial charge in [0.2, 0.25) is 0 Å². The van der Waals surface area contributed by atoms with Crippen molar-refractivity contribution >= 4 is 40.9 Å². The molecular weight excluding hydrogens is 350 g/mol. The molecule has 2 aromatic rings. The highest BCUT2D eigenvalue weighted by Gasteiger charge is 2.16. The van der Waals surface area contributed by atoms with Crippen LogP contribution in [0.1, 0.15) is 10.4 Å². The quantitative estimate of drug-likeness (QED) is 0.622. The lowest BCUT2D eigenvalue weighted by Gasteiger charge is -2.11. The average Bonchev–Trinajstić information content (AvgIpc) is 2.60. The van der Waals surface area contributed by atoms with Crippen molar-refractivity contribution in [2.24, 2.45) is 0 Å². The predicted molar refractivity (Wildman–Crippen MR) is 95.1 cm³/mol. The summed E-state index contributed by atoms with van der Waals surface area (Å²) in [6.45, 7) is -0.406. The first-order chi connectivity index (χ1) is 11.5. The van der Waals surface area contributed by atoms with E-state index in [0.29, 0.717) is 16.5 Å². The third-order valence-corrected chi connectivity index (χ3v) is 4.13. The molecule has 0 atom stereocenters. The number of anilines is 1. The van der Waals surface area contributed by atoms with Crippen molar-refractivity contribution in [2.45, 2.75) is 4.90 Å². The molecule has 0 spiro atoms. The molecule has 0 radical (unpaired) electrons. The van der Waals surface area contributed by atoms with Crippen LogP contribution in [0.2, 0.25) is 5.02 Å². The Hall–Kier alpha value is -2.18. The van der Waals surface area contributed by atoms with Crippen molar-refractivity contribution in [1.82, 2.24) is 0 Å². The Labute approximate surface area is 149 Å². The fraction of sp³-hybridized carbons (Fsp3) is 0.176. The lowest BCUT2D eigenvalue weighted by Crippen LogP contribution is -2.21. The van der Waals surface area contributed by atoms with E-state index in [2.05, 4.69) is 5.32 Å². The molecule has 0 aliphatic carbocycles. The van der Waals surface area contributed by atoms with Crippen molar-refractivity contribution in [3.05, 3.63) is 53.1 Å². The van der Waals surface area contributed by atoms with Crippen molar-refractivity contribution < 1.29 is 19.1 Å². The summed E-state index contributed by atoms with van der Waals surface area (Å²) in [5.41, 5.74) is 0.841. The molecule has 24 heavy (non-hydrogen) atoms. The van der Waals surface area contributed by atoms with E-state index in [0.717, 1.165) is 4.90 Å². The van der Waals surface area contributed by atoms with Crippen molar-refractivity contribution in [3.8, 4) is 5.75 Å². The molecule has 0 bridgehead atoms. The molecule has 0 fully saturated rings. The monoisotopic (exact) mass is 365 g/mol. The Morgan fingerprint density at radius 3 is 2.67 bits per heavy atom. The highest BCUT2D eigenvalue weighted by molar-refractivity contribution is 7.98. The molecule has 2 rings (SSSR count). The number of esters is 1. The van der Waals surface area contributed by atoms with Crippen LogP contribution in [0.3, 0.4) is 0 Å². The van der Waals surface area contributed by atoms with Gasteiger partial charge in [-0.1, -0.05) is 23.7 Å². The second-order valence-corrected chi connectivity index (χ2v) is 5.95. The molecule has 7 heteroatoms. The van der Waals surface area contributed by atoms with E-state index < -0.39 is 18.5 Å². The minimum Gasteiger partial charge on any atom is -0.496 e. The Balaban J connectivity index is 1.99. The third-order valence-electron chi connectivity index (χ3n) is 3.10. The first-order valence-electron chi connectivity index (χ1n) is 6.98. The Morgan fingerprint density at radius 1 is 1.21 bits per heavy atom. The lowest BCUT2D eigenvalue weighted by molar-refractivity contribution is -0.119. The normalized spacial score (nSPS) is 10.1. The van der Waals surface area contributed by atoms with Gasteiger partial charge in [-0.2, -0.15) is 0 Å². The zero-order valence-electron chi connectivity index (χ0n) is 13.2. The van der Waals surface area contributed by atoms with Crippen LogP contribution in [0, 0.1) is 0 Å². The number of hydrogen-bond acceptors (Lipinski definition) is 5. The van der Waals surface area contributed by atoms with Crippen LogP contribution < -0.4 is 10.1 Å². The SMILES string of the molecule is COc1ccc(Cl)cc1C(=O)OCC(=O)Nc1ccccc1SC. The lowest BCUT2D eigenvalue weighted by atomic mass is 10.2. The summed E-state index contributed by atoms with van der Waals surface area (Å²) in [7, 11) is 1.44. The summed E-state index contributed by atoms with van der Waals surface area (Å²) in [5.74, 6) is -0.772. The smallest absolute Gasteiger partial charge is 0.342 e. The van der Waals surface area contributed by atoms with Crippen LogP contribution in [-0.4, -0.2) is 31.8 Å². The topological polar surface area (TPSA) is 64.6 Å². The fourth-order valence-electron chi connectivity index (χ4n) is 1.98. The van der Waals surface area contributed by atoms with Crippen molar-refractivity contribution in [1.29, 1.82) is 0 Å². The fourth-order valence-corrected chi connectivity index (χ4v) is 2.71. The Kier molecular flexibility index (Phi) is 6.52. The second-order valence-electron chi connectivity index (χ2n) is 4.67. The molecule has 0 saturated heterocycles. The van der Waals surface area contributed by atoms with E-state index in [1.165, 1.54) is 24.9 Å². The number of ether oxygens (including phenoxy) is 2. The maximum absolute atomic E-state index is 12.1. The van der Waals surface area contributed by atoms with E-state index in [9.17, 15) is 9.59 Å². The molecule has 1 N–H and O–H groups in total. The van der Waals surface area contributed by atoms with Crippen LogP contribution >= 0.6 is 23.4 Å². The van der Waals surface area contributed by atoms with Gasteiger partial charge in [-0.25, -0.2) is 4.79 Å². The number of rotatable bonds is 6. The zero-order chi connectivity index (χ0) is 17.5. The van der Waals surface area contributed by atoms with Gasteiger partial charge in [0.25, 0.3) is 5.91 Å². The van der Waals surface area contributed by atoms with Gasteiger partial charge in [0.1, 0.15) is 11.3 Å². The highest BCUT2D eigenvalue weighted by Crippen LogP contribution is 2.25. The molecule has 5 nitrogen and oxygen atoms in total. The zero-order valence-corrected chi connectivity index (χ0v) is 14.7. The number of benzene rings is 2. The number of para-hydroxylation sites is 1. The minimum atomic E-state index is -0.678. The molecule has 2 aromatic carbocycles. The summed E-state index contributed by atoms with van der Waals surface area (Å²) in [4.78, 5) is 25.0. The molecule has 0 aliphatic rings. The van der Waals surface area contributed by atoms with Gasteiger partial charge < -0.3 is 14.8 Å². The number of methoxy groups -OCH3 is 1. The molecular formula is C17H16ClNO4S. The summed E-state index contributed by atoms with van der Waals surface area (Å²) in [6.07, 6.45) is 1.91. The van der Waals surface area contributed by atoms with Crippen LogP contribution in [0.15, 0.2) is 47.4 Å². The number of carbonyl (C=O) groups is 2. The molecule has 0 aliphatic heterocycles. The van der Waals surface area contributed by atoms with Gasteiger partial charge in [0.15, 0.2) is 6.61 Å². The molecule has 126 valence electrons. The first-order valence-corrected chi connectivity index (χ1v) is 8.59. The standard InChI is InChI=1S/C17H16ClNO4S/c1-22-14-8-7-11(18)9-12(14)17(21)23-10-16(20)19-13-5-3-4-6-15(13)24-2/h3-9H,10H2,1-2H3,(H,19,20). The van der Waals surface area contributed by atoms with Crippen molar-refractivity contribution in [3.63, 3.8) is 0 Å². The number of amides is 1. The van der Waals surface area contributed by atoms with E-state index in [-0.39, 0.29) is 5.56 Å². The molecule has 0 heterocycles. The van der Waals surface area contributed by atoms with E-state index in [4.69, 9.17) is 21.1 Å². The van der Waals surface area contributed by atoms with E-state index >= 15 is 0 Å². The Bertz CT molecular complexity index is 751. The highest BCUT2D eigenvalue weighted by atomic mass is 35.5.